The maximum Gasteiger partial charge on any atom is 0.0371 e. The van der Waals surface area contributed by atoms with E-state index in [1.165, 1.54) is 81.1 Å². The van der Waals surface area contributed by atoms with Crippen LogP contribution in [-0.2, 0) is 0 Å². The van der Waals surface area contributed by atoms with Gasteiger partial charge in [-0.05, 0) is 44.0 Å². The minimum absolute atomic E-state index is 0.978. The molecule has 0 aromatic heterocycles. The first kappa shape index (κ1) is 19.9. The van der Waals surface area contributed by atoms with Gasteiger partial charge in [0.2, 0.25) is 0 Å². The summed E-state index contributed by atoms with van der Waals surface area (Å²) in [5.41, 5.74) is 3.82. The first-order valence-corrected chi connectivity index (χ1v) is 9.86. The van der Waals surface area contributed by atoms with E-state index in [2.05, 4.69) is 49.6 Å². The fraction of sp³-hybridized carbons (Fsp3) is 0.714. The van der Waals surface area contributed by atoms with Crippen molar-refractivity contribution in [2.75, 3.05) is 23.7 Å². The molecule has 0 fully saturated rings. The maximum atomic E-state index is 3.55. The minimum Gasteiger partial charge on any atom is -0.385 e. The summed E-state index contributed by atoms with van der Waals surface area (Å²) in [5, 5.41) is 6.94. The normalized spacial score (nSPS) is 10.7. The maximum absolute atomic E-state index is 3.55. The van der Waals surface area contributed by atoms with E-state index in [0.717, 1.165) is 13.1 Å². The van der Waals surface area contributed by atoms with Crippen LogP contribution in [0.5, 0.6) is 0 Å². The van der Waals surface area contributed by atoms with E-state index in [0.29, 0.717) is 0 Å². The SMILES string of the molecule is CCCCCCCCCCCCNc1ccc(NCC)c(C)c1. The summed E-state index contributed by atoms with van der Waals surface area (Å²) in [4.78, 5) is 0. The molecule has 0 amide bonds. The highest BCUT2D eigenvalue weighted by molar-refractivity contribution is 5.59. The third-order valence-corrected chi connectivity index (χ3v) is 4.45. The Labute approximate surface area is 144 Å². The van der Waals surface area contributed by atoms with Crippen molar-refractivity contribution in [1.82, 2.24) is 0 Å². The van der Waals surface area contributed by atoms with E-state index in [4.69, 9.17) is 0 Å². The average molecular weight is 319 g/mol. The Morgan fingerprint density at radius 2 is 1.35 bits per heavy atom. The second kappa shape index (κ2) is 13.3. The highest BCUT2D eigenvalue weighted by Crippen LogP contribution is 2.19. The van der Waals surface area contributed by atoms with Gasteiger partial charge in [-0.25, -0.2) is 0 Å². The molecule has 0 saturated heterocycles. The number of rotatable bonds is 14. The van der Waals surface area contributed by atoms with Gasteiger partial charge in [0.15, 0.2) is 0 Å². The van der Waals surface area contributed by atoms with E-state index in [9.17, 15) is 0 Å². The zero-order valence-electron chi connectivity index (χ0n) is 15.7. The Morgan fingerprint density at radius 1 is 0.739 bits per heavy atom. The Morgan fingerprint density at radius 3 is 1.91 bits per heavy atom. The fourth-order valence-electron chi connectivity index (χ4n) is 3.01. The van der Waals surface area contributed by atoms with Crippen molar-refractivity contribution in [3.63, 3.8) is 0 Å². The molecule has 0 aliphatic heterocycles. The lowest BCUT2D eigenvalue weighted by atomic mass is 10.1. The second-order valence-electron chi connectivity index (χ2n) is 6.67. The Kier molecular flexibility index (Phi) is 11.5. The third kappa shape index (κ3) is 9.53. The van der Waals surface area contributed by atoms with Gasteiger partial charge in [-0.15, -0.1) is 0 Å². The summed E-state index contributed by atoms with van der Waals surface area (Å²) in [7, 11) is 0. The molecule has 0 bridgehead atoms. The van der Waals surface area contributed by atoms with Crippen LogP contribution in [0.4, 0.5) is 11.4 Å². The zero-order valence-corrected chi connectivity index (χ0v) is 15.7. The summed E-state index contributed by atoms with van der Waals surface area (Å²) >= 11 is 0. The van der Waals surface area contributed by atoms with Crippen molar-refractivity contribution in [2.45, 2.75) is 85.0 Å². The lowest BCUT2D eigenvalue weighted by Gasteiger charge is -2.11. The molecule has 0 heterocycles. The van der Waals surface area contributed by atoms with Crippen LogP contribution in [0.15, 0.2) is 18.2 Å². The van der Waals surface area contributed by atoms with Crippen molar-refractivity contribution >= 4 is 11.4 Å². The van der Waals surface area contributed by atoms with E-state index in [1.54, 1.807) is 0 Å². The van der Waals surface area contributed by atoms with E-state index < -0.39 is 0 Å². The third-order valence-electron chi connectivity index (χ3n) is 4.45. The Balaban J connectivity index is 1.99. The van der Waals surface area contributed by atoms with Crippen molar-refractivity contribution in [3.8, 4) is 0 Å². The second-order valence-corrected chi connectivity index (χ2v) is 6.67. The van der Waals surface area contributed by atoms with Crippen molar-refractivity contribution in [1.29, 1.82) is 0 Å². The number of benzene rings is 1. The van der Waals surface area contributed by atoms with Crippen LogP contribution >= 0.6 is 0 Å². The standard InChI is InChI=1S/C21H38N2/c1-4-6-7-8-9-10-11-12-13-14-17-23-20-15-16-21(22-5-2)19(3)18-20/h15-16,18,22-23H,4-14,17H2,1-3H3. The van der Waals surface area contributed by atoms with Crippen LogP contribution in [0.1, 0.15) is 83.6 Å². The highest BCUT2D eigenvalue weighted by Gasteiger charge is 1.99. The molecule has 0 saturated carbocycles. The fourth-order valence-corrected chi connectivity index (χ4v) is 3.01. The minimum atomic E-state index is 0.978. The molecule has 0 aliphatic rings. The predicted molar refractivity (Wildman–Crippen MR) is 106 cm³/mol. The average Bonchev–Trinajstić information content (AvgIpc) is 2.55. The lowest BCUT2D eigenvalue weighted by Crippen LogP contribution is -2.03. The molecule has 0 radical (unpaired) electrons. The summed E-state index contributed by atoms with van der Waals surface area (Å²) in [6.07, 6.45) is 14.0. The first-order valence-electron chi connectivity index (χ1n) is 9.86. The summed E-state index contributed by atoms with van der Waals surface area (Å²) in [6, 6.07) is 6.61. The highest BCUT2D eigenvalue weighted by atomic mass is 14.9. The molecular formula is C21H38N2. The van der Waals surface area contributed by atoms with Crippen LogP contribution in [0.3, 0.4) is 0 Å². The number of hydrogen-bond donors (Lipinski definition) is 2. The van der Waals surface area contributed by atoms with Gasteiger partial charge in [-0.1, -0.05) is 64.7 Å². The van der Waals surface area contributed by atoms with Crippen molar-refractivity contribution in [3.05, 3.63) is 23.8 Å². The van der Waals surface area contributed by atoms with Gasteiger partial charge in [0, 0.05) is 24.5 Å². The lowest BCUT2D eigenvalue weighted by molar-refractivity contribution is 0.560. The van der Waals surface area contributed by atoms with Gasteiger partial charge in [-0.2, -0.15) is 0 Å². The smallest absolute Gasteiger partial charge is 0.0371 e. The molecule has 2 nitrogen and oxygen atoms in total. The number of hydrogen-bond acceptors (Lipinski definition) is 2. The molecule has 2 N–H and O–H groups in total. The van der Waals surface area contributed by atoms with Gasteiger partial charge in [0.1, 0.15) is 0 Å². The molecule has 1 aromatic carbocycles. The molecule has 0 spiro atoms. The van der Waals surface area contributed by atoms with Crippen molar-refractivity contribution < 1.29 is 0 Å². The van der Waals surface area contributed by atoms with E-state index in [1.807, 2.05) is 0 Å². The molecule has 132 valence electrons. The van der Waals surface area contributed by atoms with Gasteiger partial charge in [-0.3, -0.25) is 0 Å². The number of nitrogens with one attached hydrogen (secondary N) is 2. The molecule has 0 unspecified atom stereocenters. The van der Waals surface area contributed by atoms with Gasteiger partial charge in [0.05, 0.1) is 0 Å². The largest absolute Gasteiger partial charge is 0.385 e. The molecule has 1 aromatic rings. The van der Waals surface area contributed by atoms with Gasteiger partial charge in [0.25, 0.3) is 0 Å². The quantitative estimate of drug-likeness (QED) is 0.370. The van der Waals surface area contributed by atoms with Crippen LogP contribution in [0, 0.1) is 6.92 Å². The van der Waals surface area contributed by atoms with Gasteiger partial charge < -0.3 is 10.6 Å². The predicted octanol–water partition coefficient (Wildman–Crippen LogP) is 6.76. The Hall–Kier alpha value is -1.18. The molecule has 2 heteroatoms. The van der Waals surface area contributed by atoms with Crippen LogP contribution in [-0.4, -0.2) is 13.1 Å². The van der Waals surface area contributed by atoms with Crippen molar-refractivity contribution in [2.24, 2.45) is 0 Å². The number of anilines is 2. The molecule has 0 atom stereocenters. The summed E-state index contributed by atoms with van der Waals surface area (Å²) < 4.78 is 0. The molecule has 23 heavy (non-hydrogen) atoms. The topological polar surface area (TPSA) is 24.1 Å². The molecular weight excluding hydrogens is 280 g/mol. The van der Waals surface area contributed by atoms with Crippen LogP contribution in [0.2, 0.25) is 0 Å². The van der Waals surface area contributed by atoms with Crippen LogP contribution in [0.25, 0.3) is 0 Å². The Bertz CT molecular complexity index is 401. The summed E-state index contributed by atoms with van der Waals surface area (Å²) in [5.74, 6) is 0. The molecule has 0 aliphatic carbocycles. The molecule has 1 rings (SSSR count). The zero-order chi connectivity index (χ0) is 16.8. The van der Waals surface area contributed by atoms with E-state index >= 15 is 0 Å². The first-order chi connectivity index (χ1) is 11.3. The van der Waals surface area contributed by atoms with Crippen LogP contribution < -0.4 is 10.6 Å². The number of aryl methyl sites for hydroxylation is 1. The summed E-state index contributed by atoms with van der Waals surface area (Å²) in [6.45, 7) is 8.66. The van der Waals surface area contributed by atoms with Gasteiger partial charge >= 0.3 is 0 Å². The van der Waals surface area contributed by atoms with E-state index in [-0.39, 0.29) is 0 Å². The number of unbranched alkanes of at least 4 members (excludes halogenated alkanes) is 9. The monoisotopic (exact) mass is 318 g/mol.